The molecular formula is C44H36N6. The fraction of sp³-hybridized carbons (Fsp3) is 0.114. The summed E-state index contributed by atoms with van der Waals surface area (Å²) in [7, 11) is 0. The SMILES string of the molecule is CC1=N/C(c2ccc(C3=CC=C(C4=Nc5c(nc6ccccn56)CC5=C4CC=CC=C5)C=CC3)cc2)=c2/cccc/c2=C\NC2C=CC=CN12. The van der Waals surface area contributed by atoms with Crippen LogP contribution in [0.4, 0.5) is 5.82 Å². The van der Waals surface area contributed by atoms with Gasteiger partial charge in [-0.1, -0.05) is 109 Å². The number of imidazole rings is 1. The van der Waals surface area contributed by atoms with Crippen molar-refractivity contribution >= 4 is 40.5 Å². The highest BCUT2D eigenvalue weighted by atomic mass is 15.3. The van der Waals surface area contributed by atoms with E-state index in [1.165, 1.54) is 22.3 Å². The number of rotatable bonds is 3. The van der Waals surface area contributed by atoms with Crippen molar-refractivity contribution in [2.45, 2.75) is 32.4 Å². The molecule has 6 heteroatoms. The summed E-state index contributed by atoms with van der Waals surface area (Å²) in [5.74, 6) is 1.84. The zero-order valence-electron chi connectivity index (χ0n) is 27.9. The summed E-state index contributed by atoms with van der Waals surface area (Å²) in [5.41, 5.74) is 11.1. The molecule has 0 saturated carbocycles. The van der Waals surface area contributed by atoms with Crippen molar-refractivity contribution < 1.29 is 0 Å². The maximum absolute atomic E-state index is 5.36. The lowest BCUT2D eigenvalue weighted by Gasteiger charge is -2.29. The predicted octanol–water partition coefficient (Wildman–Crippen LogP) is 7.37. The van der Waals surface area contributed by atoms with E-state index in [2.05, 4.69) is 149 Å². The molecule has 2 aromatic heterocycles. The van der Waals surface area contributed by atoms with Gasteiger partial charge in [0.05, 0.1) is 17.1 Å². The normalized spacial score (nSPS) is 21.3. The van der Waals surface area contributed by atoms with E-state index in [4.69, 9.17) is 15.0 Å². The molecule has 9 rings (SSSR count). The fourth-order valence-corrected chi connectivity index (χ4v) is 7.24. The Morgan fingerprint density at radius 2 is 1.68 bits per heavy atom. The van der Waals surface area contributed by atoms with Crippen molar-refractivity contribution in [2.24, 2.45) is 9.98 Å². The van der Waals surface area contributed by atoms with Crippen LogP contribution in [-0.4, -0.2) is 32.0 Å². The summed E-state index contributed by atoms with van der Waals surface area (Å²) in [6.45, 7) is 2.07. The van der Waals surface area contributed by atoms with Crippen molar-refractivity contribution in [3.63, 3.8) is 0 Å². The van der Waals surface area contributed by atoms with Gasteiger partial charge < -0.3 is 10.2 Å². The lowest BCUT2D eigenvalue weighted by molar-refractivity contribution is 0.434. The minimum Gasteiger partial charge on any atom is -0.367 e. The Hall–Kier alpha value is -6.27. The van der Waals surface area contributed by atoms with Crippen LogP contribution >= 0.6 is 0 Å². The van der Waals surface area contributed by atoms with Crippen LogP contribution in [0.3, 0.4) is 0 Å². The second-order valence-corrected chi connectivity index (χ2v) is 12.9. The highest BCUT2D eigenvalue weighted by Crippen LogP contribution is 2.35. The van der Waals surface area contributed by atoms with Crippen LogP contribution in [-0.2, 0) is 6.42 Å². The van der Waals surface area contributed by atoms with E-state index < -0.39 is 0 Å². The van der Waals surface area contributed by atoms with Crippen molar-refractivity contribution in [1.29, 1.82) is 0 Å². The van der Waals surface area contributed by atoms with Crippen molar-refractivity contribution in [2.75, 3.05) is 0 Å². The van der Waals surface area contributed by atoms with E-state index >= 15 is 0 Å². The summed E-state index contributed by atoms with van der Waals surface area (Å²) < 4.78 is 2.11. The highest BCUT2D eigenvalue weighted by molar-refractivity contribution is 6.16. The minimum atomic E-state index is 0.00975. The molecule has 5 heterocycles. The zero-order chi connectivity index (χ0) is 33.4. The molecule has 4 aromatic rings. The maximum Gasteiger partial charge on any atom is 0.161 e. The molecule has 1 unspecified atom stereocenters. The molecule has 0 radical (unpaired) electrons. The van der Waals surface area contributed by atoms with E-state index in [0.717, 1.165) is 75.2 Å². The van der Waals surface area contributed by atoms with Crippen LogP contribution in [0.15, 0.2) is 173 Å². The smallest absolute Gasteiger partial charge is 0.161 e. The average molecular weight is 649 g/mol. The van der Waals surface area contributed by atoms with Gasteiger partial charge in [-0.25, -0.2) is 15.0 Å². The number of amidine groups is 1. The number of nitrogens with one attached hydrogen (secondary N) is 1. The summed E-state index contributed by atoms with van der Waals surface area (Å²) in [4.78, 5) is 17.7. The van der Waals surface area contributed by atoms with E-state index in [9.17, 15) is 0 Å². The number of fused-ring (bicyclic) bond motifs is 5. The molecule has 1 N–H and O–H groups in total. The number of allylic oxidation sites excluding steroid dienone is 14. The number of hydrogen-bond donors (Lipinski definition) is 1. The number of aliphatic imine (C=N–C) groups is 2. The van der Waals surface area contributed by atoms with E-state index in [1.807, 2.05) is 24.3 Å². The van der Waals surface area contributed by atoms with Gasteiger partial charge in [-0.3, -0.25) is 4.40 Å². The summed E-state index contributed by atoms with van der Waals surface area (Å²) in [5, 5.41) is 5.77. The standard InChI is InChI=1S/C44H36N6/c1-30-46-42(38-17-6-5-13-36(38)29-45-40-18-7-9-26-49(30)40)34-24-21-32(22-25-34)31-14-11-15-33(23-20-31)43-37-16-4-2-3-12-35(37)28-39-44(48-43)50-27-10-8-19-41(50)47-39/h2-13,15,17-27,29,40,45H,14,16,28H2,1H3/b36-29+,42-38-,46-30?. The van der Waals surface area contributed by atoms with Crippen molar-refractivity contribution in [3.8, 4) is 0 Å². The van der Waals surface area contributed by atoms with Gasteiger partial charge in [0.15, 0.2) is 5.82 Å². The Morgan fingerprint density at radius 3 is 2.62 bits per heavy atom. The monoisotopic (exact) mass is 648 g/mol. The zero-order valence-corrected chi connectivity index (χ0v) is 27.9. The molecule has 2 aromatic carbocycles. The third-order valence-electron chi connectivity index (χ3n) is 9.82. The topological polar surface area (TPSA) is 57.3 Å². The molecule has 2 aliphatic carbocycles. The number of hydrogen-bond acceptors (Lipinski definition) is 5. The Bertz CT molecular complexity index is 2490. The molecule has 0 fully saturated rings. The van der Waals surface area contributed by atoms with Gasteiger partial charge in [0.2, 0.25) is 0 Å². The minimum absolute atomic E-state index is 0.00975. The van der Waals surface area contributed by atoms with Crippen molar-refractivity contribution in [1.82, 2.24) is 19.6 Å². The molecule has 50 heavy (non-hydrogen) atoms. The Balaban J connectivity index is 1.09. The number of pyridine rings is 1. The van der Waals surface area contributed by atoms with Gasteiger partial charge in [-0.2, -0.15) is 0 Å². The Morgan fingerprint density at radius 1 is 0.800 bits per heavy atom. The van der Waals surface area contributed by atoms with Gasteiger partial charge >= 0.3 is 0 Å². The lowest BCUT2D eigenvalue weighted by atomic mass is 9.93. The molecule has 242 valence electrons. The van der Waals surface area contributed by atoms with Gasteiger partial charge in [-0.15, -0.1) is 0 Å². The van der Waals surface area contributed by atoms with E-state index in [-0.39, 0.29) is 6.17 Å². The molecule has 5 aliphatic rings. The first-order valence-electron chi connectivity index (χ1n) is 17.2. The third kappa shape index (κ3) is 5.45. The Kier molecular flexibility index (Phi) is 7.54. The average Bonchev–Trinajstić information content (AvgIpc) is 3.35. The first-order chi connectivity index (χ1) is 24.7. The molecule has 0 amide bonds. The van der Waals surface area contributed by atoms with Gasteiger partial charge in [0.1, 0.15) is 17.6 Å². The number of aromatic nitrogens is 2. The lowest BCUT2D eigenvalue weighted by Crippen LogP contribution is -2.43. The third-order valence-corrected chi connectivity index (χ3v) is 9.82. The Labute approximate surface area is 291 Å². The molecule has 6 nitrogen and oxygen atoms in total. The molecular weight excluding hydrogens is 613 g/mol. The van der Waals surface area contributed by atoms with Crippen LogP contribution in [0.25, 0.3) is 23.1 Å². The second-order valence-electron chi connectivity index (χ2n) is 12.9. The fourth-order valence-electron chi connectivity index (χ4n) is 7.24. The van der Waals surface area contributed by atoms with E-state index in [0.29, 0.717) is 0 Å². The molecule has 0 saturated heterocycles. The summed E-state index contributed by atoms with van der Waals surface area (Å²) >= 11 is 0. The summed E-state index contributed by atoms with van der Waals surface area (Å²) in [6.07, 6.45) is 32.6. The molecule has 3 aliphatic heterocycles. The first kappa shape index (κ1) is 29.8. The number of nitrogens with zero attached hydrogens (tertiary/aromatic N) is 5. The molecule has 0 spiro atoms. The highest BCUT2D eigenvalue weighted by Gasteiger charge is 2.24. The van der Waals surface area contributed by atoms with Crippen LogP contribution in [0.1, 0.15) is 36.6 Å². The quantitative estimate of drug-likeness (QED) is 0.252. The number of benzene rings is 2. The van der Waals surface area contributed by atoms with E-state index in [1.54, 1.807) is 0 Å². The maximum atomic E-state index is 5.36. The van der Waals surface area contributed by atoms with Crippen LogP contribution in [0, 0.1) is 0 Å². The van der Waals surface area contributed by atoms with Gasteiger partial charge in [0.25, 0.3) is 0 Å². The van der Waals surface area contributed by atoms with Crippen molar-refractivity contribution in [3.05, 3.63) is 190 Å². The predicted molar refractivity (Wildman–Crippen MR) is 205 cm³/mol. The van der Waals surface area contributed by atoms with Crippen LogP contribution in [0.5, 0.6) is 0 Å². The molecule has 1 atom stereocenters. The van der Waals surface area contributed by atoms with Gasteiger partial charge in [0, 0.05) is 41.4 Å². The second kappa shape index (κ2) is 12.6. The van der Waals surface area contributed by atoms with Crippen LogP contribution in [0.2, 0.25) is 0 Å². The van der Waals surface area contributed by atoms with Crippen LogP contribution < -0.4 is 15.8 Å². The molecule has 0 bridgehead atoms. The first-order valence-corrected chi connectivity index (χ1v) is 17.2. The largest absolute Gasteiger partial charge is 0.367 e. The summed E-state index contributed by atoms with van der Waals surface area (Å²) in [6, 6.07) is 23.4. The van der Waals surface area contributed by atoms with Gasteiger partial charge in [-0.05, 0) is 71.6 Å².